The number of carbonyl (C=O) groups excluding carboxylic acids is 1. The van der Waals surface area contributed by atoms with E-state index in [4.69, 9.17) is 17.9 Å². The Morgan fingerprint density at radius 1 is 1.05 bits per heavy atom. The van der Waals surface area contributed by atoms with E-state index in [1.165, 1.54) is 12.1 Å². The van der Waals surface area contributed by atoms with Crippen molar-refractivity contribution in [2.75, 3.05) is 36.5 Å². The first-order chi connectivity index (χ1) is 18.0. The lowest BCUT2D eigenvalue weighted by atomic mass is 10.1. The van der Waals surface area contributed by atoms with Crippen molar-refractivity contribution in [2.45, 2.75) is 6.92 Å². The molecule has 11 heteroatoms. The molecule has 1 amide bonds. The lowest BCUT2D eigenvalue weighted by Gasteiger charge is -2.29. The molecule has 3 aromatic carbocycles. The van der Waals surface area contributed by atoms with Crippen molar-refractivity contribution in [3.63, 3.8) is 0 Å². The van der Waals surface area contributed by atoms with Gasteiger partial charge in [0.2, 0.25) is 5.88 Å². The summed E-state index contributed by atoms with van der Waals surface area (Å²) in [5.74, 6) is 0.802. The number of carbonyl (C=O) groups is 1. The number of rotatable bonds is 5. The molecule has 5 rings (SSSR count). The third kappa shape index (κ3) is 6.51. The van der Waals surface area contributed by atoms with Crippen molar-refractivity contribution in [3.8, 4) is 11.6 Å². The van der Waals surface area contributed by atoms with Crippen molar-refractivity contribution in [2.24, 2.45) is 0 Å². The van der Waals surface area contributed by atoms with Gasteiger partial charge in [-0.2, -0.15) is 13.4 Å². The smallest absolute Gasteiger partial charge is 0.335 e. The molecule has 0 unspecified atom stereocenters. The van der Waals surface area contributed by atoms with Crippen molar-refractivity contribution in [1.29, 1.82) is 0 Å². The highest BCUT2D eigenvalue weighted by Crippen LogP contribution is 2.34. The highest BCUT2D eigenvalue weighted by molar-refractivity contribution is 7.51. The number of nitrogens with zero attached hydrogens (tertiary/aromatic N) is 3. The Hall–Kier alpha value is -4.22. The summed E-state index contributed by atoms with van der Waals surface area (Å²) in [5, 5.41) is 4.53. The standard InChI is InChI=1S/C26H23FN4O3.O2S/c1-17-28-9-8-25(29-17)34-24-7-6-23(21-4-2-3-5-22(21)24)30-26(32)18-14-19(27)16-20(15-18)31-10-12-33-13-11-31;1-3-2/h2-9,14-16H,10-13H2,1H3,(H,30,32);. The van der Waals surface area contributed by atoms with Gasteiger partial charge in [-0.3, -0.25) is 4.79 Å². The molecule has 0 bridgehead atoms. The first kappa shape index (κ1) is 25.9. The predicted octanol–water partition coefficient (Wildman–Crippen LogP) is 4.29. The molecule has 9 nitrogen and oxygen atoms in total. The van der Waals surface area contributed by atoms with Gasteiger partial charge in [-0.15, -0.1) is 0 Å². The zero-order valence-electron chi connectivity index (χ0n) is 19.8. The quantitative estimate of drug-likeness (QED) is 0.413. The number of halogens is 1. The van der Waals surface area contributed by atoms with Crippen LogP contribution in [0.1, 0.15) is 16.2 Å². The zero-order chi connectivity index (χ0) is 26.2. The summed E-state index contributed by atoms with van der Waals surface area (Å²) in [6, 6.07) is 17.2. The summed E-state index contributed by atoms with van der Waals surface area (Å²) in [5.41, 5.74) is 1.52. The van der Waals surface area contributed by atoms with E-state index in [2.05, 4.69) is 15.3 Å². The second kappa shape index (κ2) is 12.2. The molecule has 37 heavy (non-hydrogen) atoms. The van der Waals surface area contributed by atoms with Crippen molar-refractivity contribution in [1.82, 2.24) is 9.97 Å². The van der Waals surface area contributed by atoms with Crippen molar-refractivity contribution >= 4 is 39.6 Å². The molecule has 1 fully saturated rings. The summed E-state index contributed by atoms with van der Waals surface area (Å²) in [6.45, 7) is 4.26. The minimum absolute atomic E-state index is 0.252. The van der Waals surface area contributed by atoms with Gasteiger partial charge in [-0.05, 0) is 37.3 Å². The largest absolute Gasteiger partial charge is 0.438 e. The highest BCUT2D eigenvalue weighted by Gasteiger charge is 2.17. The van der Waals surface area contributed by atoms with Crippen LogP contribution in [0.3, 0.4) is 0 Å². The maximum absolute atomic E-state index is 14.4. The molecule has 190 valence electrons. The van der Waals surface area contributed by atoms with Gasteiger partial charge in [0.1, 0.15) is 17.4 Å². The summed E-state index contributed by atoms with van der Waals surface area (Å²) >= 11 is -0.750. The zero-order valence-corrected chi connectivity index (χ0v) is 20.7. The minimum atomic E-state index is -0.750. The number of hydrogen-bond donors (Lipinski definition) is 1. The van der Waals surface area contributed by atoms with Crippen LogP contribution in [0.2, 0.25) is 0 Å². The molecule has 4 aromatic rings. The third-order valence-electron chi connectivity index (χ3n) is 5.62. The Bertz CT molecular complexity index is 1460. The van der Waals surface area contributed by atoms with Gasteiger partial charge >= 0.3 is 11.6 Å². The Balaban J connectivity index is 0.00000102. The lowest BCUT2D eigenvalue weighted by Crippen LogP contribution is -2.36. The summed E-state index contributed by atoms with van der Waals surface area (Å²) in [6.07, 6.45) is 1.64. The van der Waals surface area contributed by atoms with Crippen LogP contribution in [0.5, 0.6) is 11.6 Å². The molecule has 1 saturated heterocycles. The number of anilines is 2. The first-order valence-corrected chi connectivity index (χ1v) is 12.0. The highest BCUT2D eigenvalue weighted by atomic mass is 32.1. The summed E-state index contributed by atoms with van der Waals surface area (Å²) in [7, 11) is 0. The third-order valence-corrected chi connectivity index (χ3v) is 5.62. The predicted molar refractivity (Wildman–Crippen MR) is 137 cm³/mol. The molecular formula is C26H23FN4O5S. The number of aromatic nitrogens is 2. The van der Waals surface area contributed by atoms with Gasteiger partial charge in [-0.1, -0.05) is 24.3 Å². The molecule has 1 N–H and O–H groups in total. The number of hydrogen-bond acceptors (Lipinski definition) is 8. The summed E-state index contributed by atoms with van der Waals surface area (Å²) in [4.78, 5) is 23.5. The van der Waals surface area contributed by atoms with E-state index in [-0.39, 0.29) is 11.5 Å². The van der Waals surface area contributed by atoms with Crippen molar-refractivity contribution < 1.29 is 27.1 Å². The van der Waals surface area contributed by atoms with E-state index in [0.717, 1.165) is 10.8 Å². The molecule has 1 aromatic heterocycles. The fraction of sp³-hybridized carbons (Fsp3) is 0.192. The minimum Gasteiger partial charge on any atom is -0.438 e. The Labute approximate surface area is 215 Å². The number of benzene rings is 3. The molecule has 0 saturated carbocycles. The van der Waals surface area contributed by atoms with E-state index in [0.29, 0.717) is 55.1 Å². The van der Waals surface area contributed by atoms with Gasteiger partial charge in [-0.25, -0.2) is 9.37 Å². The van der Waals surface area contributed by atoms with Gasteiger partial charge < -0.3 is 19.7 Å². The molecular weight excluding hydrogens is 499 g/mol. The van der Waals surface area contributed by atoms with E-state index < -0.39 is 17.4 Å². The average Bonchev–Trinajstić information content (AvgIpc) is 2.91. The molecule has 0 radical (unpaired) electrons. The van der Waals surface area contributed by atoms with Crippen LogP contribution in [0, 0.1) is 12.7 Å². The Morgan fingerprint density at radius 3 is 2.51 bits per heavy atom. The van der Waals surface area contributed by atoms with Gasteiger partial charge in [0.05, 0.1) is 13.2 Å². The molecule has 0 spiro atoms. The molecule has 1 aliphatic heterocycles. The molecule has 0 atom stereocenters. The number of nitrogens with one attached hydrogen (secondary N) is 1. The van der Waals surface area contributed by atoms with Crippen LogP contribution in [-0.2, 0) is 16.3 Å². The van der Waals surface area contributed by atoms with Gasteiger partial charge in [0, 0.05) is 53.1 Å². The fourth-order valence-corrected chi connectivity index (χ4v) is 3.98. The molecule has 1 aliphatic rings. The average molecular weight is 523 g/mol. The Kier molecular flexibility index (Phi) is 8.49. The van der Waals surface area contributed by atoms with E-state index in [1.54, 1.807) is 37.4 Å². The normalized spacial score (nSPS) is 12.9. The number of amides is 1. The van der Waals surface area contributed by atoms with Crippen LogP contribution in [0.25, 0.3) is 10.8 Å². The molecule has 0 aliphatic carbocycles. The van der Waals surface area contributed by atoms with Crippen molar-refractivity contribution in [3.05, 3.63) is 84.1 Å². The summed E-state index contributed by atoms with van der Waals surface area (Å²) < 4.78 is 42.3. The SMILES string of the molecule is Cc1nccc(Oc2ccc(NC(=O)c3cc(F)cc(N4CCOCC4)c3)c3ccccc23)n1.O=S=O. The van der Waals surface area contributed by atoms with Crippen LogP contribution in [0.4, 0.5) is 15.8 Å². The van der Waals surface area contributed by atoms with Crippen LogP contribution in [-0.4, -0.2) is 50.6 Å². The van der Waals surface area contributed by atoms with Gasteiger partial charge in [0.25, 0.3) is 5.91 Å². The number of morpholine rings is 1. The lowest BCUT2D eigenvalue weighted by molar-refractivity contribution is 0.102. The van der Waals surface area contributed by atoms with Crippen LogP contribution < -0.4 is 15.0 Å². The second-order valence-corrected chi connectivity index (χ2v) is 8.16. The topological polar surface area (TPSA) is 111 Å². The Morgan fingerprint density at radius 2 is 1.78 bits per heavy atom. The first-order valence-electron chi connectivity index (χ1n) is 11.3. The van der Waals surface area contributed by atoms with Crippen LogP contribution in [0.15, 0.2) is 66.9 Å². The molecule has 2 heterocycles. The number of ether oxygens (including phenoxy) is 2. The van der Waals surface area contributed by atoms with Crippen LogP contribution >= 0.6 is 0 Å². The number of aryl methyl sites for hydroxylation is 1. The maximum atomic E-state index is 14.4. The van der Waals surface area contributed by atoms with E-state index in [9.17, 15) is 9.18 Å². The van der Waals surface area contributed by atoms with E-state index >= 15 is 0 Å². The van der Waals surface area contributed by atoms with E-state index in [1.807, 2.05) is 29.2 Å². The monoisotopic (exact) mass is 522 g/mol. The maximum Gasteiger partial charge on any atom is 0.335 e. The number of fused-ring (bicyclic) bond motifs is 1. The fourth-order valence-electron chi connectivity index (χ4n) is 3.98. The van der Waals surface area contributed by atoms with Gasteiger partial charge in [0.15, 0.2) is 0 Å². The second-order valence-electron chi connectivity index (χ2n) is 8.02.